The molecule has 8 nitrogen and oxygen atoms in total. The molecule has 3 aromatic carbocycles. The molecule has 3 aromatic rings. The van der Waals surface area contributed by atoms with Crippen molar-refractivity contribution in [1.29, 1.82) is 0 Å². The van der Waals surface area contributed by atoms with Crippen LogP contribution in [0.2, 0.25) is 0 Å². The maximum absolute atomic E-state index is 14.0. The number of piperidine rings is 1. The number of para-hydroxylation sites is 1. The first-order valence-corrected chi connectivity index (χ1v) is 15.0. The van der Waals surface area contributed by atoms with Crippen LogP contribution in [0.15, 0.2) is 83.8 Å². The van der Waals surface area contributed by atoms with Crippen LogP contribution in [0.25, 0.3) is 0 Å². The zero-order valence-electron chi connectivity index (χ0n) is 22.9. The van der Waals surface area contributed by atoms with Crippen molar-refractivity contribution >= 4 is 27.6 Å². The smallest absolute Gasteiger partial charge is 0.321 e. The Balaban J connectivity index is 1.50. The summed E-state index contributed by atoms with van der Waals surface area (Å²) in [5, 5.41) is 2.58. The summed E-state index contributed by atoms with van der Waals surface area (Å²) in [4.78, 5) is 29.8. The van der Waals surface area contributed by atoms with Crippen molar-refractivity contribution in [3.05, 3.63) is 96.1 Å². The highest BCUT2D eigenvalue weighted by atomic mass is 32.2. The predicted octanol–water partition coefficient (Wildman–Crippen LogP) is 5.09. The zero-order valence-corrected chi connectivity index (χ0v) is 23.7. The topological polar surface area (TPSA) is 90.0 Å². The molecule has 0 unspecified atom stereocenters. The van der Waals surface area contributed by atoms with Crippen LogP contribution in [-0.4, -0.2) is 66.7 Å². The van der Waals surface area contributed by atoms with Crippen LogP contribution in [-0.2, 0) is 21.4 Å². The summed E-state index contributed by atoms with van der Waals surface area (Å²) in [6, 6.07) is 19.1. The van der Waals surface area contributed by atoms with Crippen LogP contribution < -0.4 is 5.32 Å². The molecule has 0 bridgehead atoms. The van der Waals surface area contributed by atoms with Gasteiger partial charge in [0, 0.05) is 32.2 Å². The maximum atomic E-state index is 14.0. The first-order valence-electron chi connectivity index (χ1n) is 13.6. The SMILES string of the molecule is CCCN(CC(=O)N(Cc1cccc(F)c1)C1CCN(C(=O)Nc2ccccc2F)CC1)S(=O)(=O)c1ccccc1. The Labute approximate surface area is 239 Å². The first-order chi connectivity index (χ1) is 19.7. The van der Waals surface area contributed by atoms with Gasteiger partial charge in [0.2, 0.25) is 15.9 Å². The summed E-state index contributed by atoms with van der Waals surface area (Å²) < 4.78 is 55.9. The van der Waals surface area contributed by atoms with E-state index in [1.807, 2.05) is 6.92 Å². The predicted molar refractivity (Wildman–Crippen MR) is 152 cm³/mol. The highest BCUT2D eigenvalue weighted by Crippen LogP contribution is 2.23. The molecule has 1 aliphatic heterocycles. The van der Waals surface area contributed by atoms with Crippen LogP contribution in [0.5, 0.6) is 0 Å². The molecule has 1 aliphatic rings. The second-order valence-corrected chi connectivity index (χ2v) is 11.9. The fourth-order valence-corrected chi connectivity index (χ4v) is 6.41. The Kier molecular flexibility index (Phi) is 10.1. The van der Waals surface area contributed by atoms with Crippen LogP contribution in [0.4, 0.5) is 19.3 Å². The van der Waals surface area contributed by atoms with Crippen molar-refractivity contribution in [2.24, 2.45) is 0 Å². The lowest BCUT2D eigenvalue weighted by Crippen LogP contribution is -2.52. The second-order valence-electron chi connectivity index (χ2n) is 9.93. The monoisotopic (exact) mass is 584 g/mol. The standard InChI is InChI=1S/C30H34F2N4O4S/c1-2-17-35(41(39,40)26-11-4-3-5-12-26)22-29(37)36(21-23-9-8-10-24(31)20-23)25-15-18-34(19-16-25)30(38)33-28-14-7-6-13-27(28)32/h3-14,20,25H,2,15-19,21-22H2,1H3,(H,33,38). The lowest BCUT2D eigenvalue weighted by Gasteiger charge is -2.39. The average molecular weight is 585 g/mol. The lowest BCUT2D eigenvalue weighted by molar-refractivity contribution is -0.135. The van der Waals surface area contributed by atoms with Gasteiger partial charge in [-0.3, -0.25) is 4.79 Å². The highest BCUT2D eigenvalue weighted by molar-refractivity contribution is 7.89. The number of urea groups is 1. The van der Waals surface area contributed by atoms with Crippen LogP contribution >= 0.6 is 0 Å². The second kappa shape index (κ2) is 13.7. The van der Waals surface area contributed by atoms with Gasteiger partial charge in [0.25, 0.3) is 0 Å². The van der Waals surface area contributed by atoms with Gasteiger partial charge in [0.1, 0.15) is 11.6 Å². The fourth-order valence-electron chi connectivity index (χ4n) is 4.91. The minimum absolute atomic E-state index is 0.0816. The minimum Gasteiger partial charge on any atom is -0.334 e. The number of amides is 3. The molecule has 0 aromatic heterocycles. The Bertz CT molecular complexity index is 1450. The summed E-state index contributed by atoms with van der Waals surface area (Å²) in [7, 11) is -3.92. The van der Waals surface area contributed by atoms with E-state index < -0.39 is 33.6 Å². The van der Waals surface area contributed by atoms with Crippen molar-refractivity contribution in [1.82, 2.24) is 14.1 Å². The number of carbonyl (C=O) groups is 2. The number of hydrogen-bond acceptors (Lipinski definition) is 4. The van der Waals surface area contributed by atoms with Crippen molar-refractivity contribution in [3.8, 4) is 0 Å². The third-order valence-corrected chi connectivity index (χ3v) is 8.90. The van der Waals surface area contributed by atoms with E-state index in [0.29, 0.717) is 37.9 Å². The molecular formula is C30H34F2N4O4S. The van der Waals surface area contributed by atoms with Gasteiger partial charge >= 0.3 is 6.03 Å². The first kappa shape index (κ1) is 30.1. The van der Waals surface area contributed by atoms with Gasteiger partial charge in [-0.25, -0.2) is 22.0 Å². The summed E-state index contributed by atoms with van der Waals surface area (Å²) in [5.74, 6) is -1.38. The molecular weight excluding hydrogens is 550 g/mol. The molecule has 3 amide bonds. The number of hydrogen-bond donors (Lipinski definition) is 1. The summed E-state index contributed by atoms with van der Waals surface area (Å²) >= 11 is 0. The number of anilines is 1. The Hall–Kier alpha value is -3.83. The number of halogens is 2. The molecule has 0 spiro atoms. The van der Waals surface area contributed by atoms with Crippen molar-refractivity contribution < 1.29 is 26.8 Å². The van der Waals surface area contributed by atoms with Crippen LogP contribution in [0, 0.1) is 11.6 Å². The van der Waals surface area contributed by atoms with Gasteiger partial charge in [-0.2, -0.15) is 4.31 Å². The van der Waals surface area contributed by atoms with E-state index in [2.05, 4.69) is 5.32 Å². The van der Waals surface area contributed by atoms with E-state index in [1.54, 1.807) is 46.2 Å². The third-order valence-electron chi connectivity index (χ3n) is 7.04. The molecule has 1 saturated heterocycles. The molecule has 41 heavy (non-hydrogen) atoms. The summed E-state index contributed by atoms with van der Waals surface area (Å²) in [6.45, 7) is 2.33. The van der Waals surface area contributed by atoms with E-state index in [1.165, 1.54) is 46.8 Å². The van der Waals surface area contributed by atoms with Gasteiger partial charge in [-0.15, -0.1) is 0 Å². The normalized spacial score (nSPS) is 14.2. The summed E-state index contributed by atoms with van der Waals surface area (Å²) in [5.41, 5.74) is 0.657. The van der Waals surface area contributed by atoms with E-state index in [4.69, 9.17) is 0 Å². The Morgan fingerprint density at radius 3 is 2.29 bits per heavy atom. The van der Waals surface area contributed by atoms with Crippen molar-refractivity contribution in [2.45, 2.75) is 43.7 Å². The van der Waals surface area contributed by atoms with Crippen LogP contribution in [0.3, 0.4) is 0 Å². The number of likely N-dealkylation sites (tertiary alicyclic amines) is 1. The van der Waals surface area contributed by atoms with E-state index in [0.717, 1.165) is 0 Å². The molecule has 4 rings (SSSR count). The molecule has 0 aliphatic carbocycles. The molecule has 0 radical (unpaired) electrons. The van der Waals surface area contributed by atoms with Gasteiger partial charge in [-0.1, -0.05) is 49.4 Å². The van der Waals surface area contributed by atoms with Gasteiger partial charge in [0.05, 0.1) is 17.1 Å². The number of benzene rings is 3. The molecule has 0 saturated carbocycles. The number of carbonyl (C=O) groups excluding carboxylic acids is 2. The third kappa shape index (κ3) is 7.68. The van der Waals surface area contributed by atoms with E-state index >= 15 is 0 Å². The molecule has 1 heterocycles. The lowest BCUT2D eigenvalue weighted by atomic mass is 10.0. The fraction of sp³-hybridized carbons (Fsp3) is 0.333. The number of nitrogens with zero attached hydrogens (tertiary/aromatic N) is 3. The largest absolute Gasteiger partial charge is 0.334 e. The quantitative estimate of drug-likeness (QED) is 0.360. The average Bonchev–Trinajstić information content (AvgIpc) is 2.97. The number of nitrogens with one attached hydrogen (secondary N) is 1. The Morgan fingerprint density at radius 1 is 0.951 bits per heavy atom. The molecule has 1 fully saturated rings. The molecule has 0 atom stereocenters. The maximum Gasteiger partial charge on any atom is 0.321 e. The summed E-state index contributed by atoms with van der Waals surface area (Å²) in [6.07, 6.45) is 1.36. The minimum atomic E-state index is -3.92. The molecule has 11 heteroatoms. The molecule has 1 N–H and O–H groups in total. The van der Waals surface area contributed by atoms with Gasteiger partial charge < -0.3 is 15.1 Å². The highest BCUT2D eigenvalue weighted by Gasteiger charge is 2.33. The molecule has 218 valence electrons. The Morgan fingerprint density at radius 2 is 1.63 bits per heavy atom. The number of rotatable bonds is 10. The van der Waals surface area contributed by atoms with E-state index in [-0.39, 0.29) is 36.3 Å². The number of sulfonamides is 1. The van der Waals surface area contributed by atoms with Crippen molar-refractivity contribution in [2.75, 3.05) is 31.5 Å². The van der Waals surface area contributed by atoms with Crippen LogP contribution in [0.1, 0.15) is 31.7 Å². The van der Waals surface area contributed by atoms with Crippen molar-refractivity contribution in [3.63, 3.8) is 0 Å². The van der Waals surface area contributed by atoms with Gasteiger partial charge in [-0.05, 0) is 61.2 Å². The van der Waals surface area contributed by atoms with Gasteiger partial charge in [0.15, 0.2) is 0 Å². The van der Waals surface area contributed by atoms with E-state index in [9.17, 15) is 26.8 Å². The zero-order chi connectivity index (χ0) is 29.4.